The summed E-state index contributed by atoms with van der Waals surface area (Å²) in [6.45, 7) is 2.36. The summed E-state index contributed by atoms with van der Waals surface area (Å²) in [6, 6.07) is 5.27. The zero-order chi connectivity index (χ0) is 24.0. The maximum absolute atomic E-state index is 12.2. The molecule has 2 aromatic heterocycles. The van der Waals surface area contributed by atoms with Crippen LogP contribution in [0.3, 0.4) is 0 Å². The number of pyridine rings is 1. The Morgan fingerprint density at radius 3 is 2.88 bits per heavy atom. The fourth-order valence-corrected chi connectivity index (χ4v) is 3.90. The zero-order valence-electron chi connectivity index (χ0n) is 18.0. The van der Waals surface area contributed by atoms with Gasteiger partial charge in [-0.1, -0.05) is 6.07 Å². The van der Waals surface area contributed by atoms with Crippen LogP contribution in [0.1, 0.15) is 25.1 Å². The molecule has 3 rings (SSSR count). The normalized spacial score (nSPS) is 22.0. The first-order valence-electron chi connectivity index (χ1n) is 10.1. The molecule has 33 heavy (non-hydrogen) atoms. The maximum Gasteiger partial charge on any atom is 0.472 e. The first kappa shape index (κ1) is 24.8. The van der Waals surface area contributed by atoms with Gasteiger partial charge in [0, 0.05) is 37.8 Å². The summed E-state index contributed by atoms with van der Waals surface area (Å²) in [5.74, 6) is -0.0135. The summed E-state index contributed by atoms with van der Waals surface area (Å²) in [7, 11) is -4.44. The Bertz CT molecular complexity index is 1120. The van der Waals surface area contributed by atoms with Gasteiger partial charge in [0.25, 0.3) is 5.56 Å². The number of anilines is 1. The van der Waals surface area contributed by atoms with E-state index in [1.807, 2.05) is 0 Å². The second-order valence-corrected chi connectivity index (χ2v) is 8.68. The Kier molecular flexibility index (Phi) is 8.16. The number of ether oxygens (including phenoxy) is 2. The molecule has 13 nitrogen and oxygen atoms in total. The Morgan fingerprint density at radius 1 is 1.39 bits per heavy atom. The van der Waals surface area contributed by atoms with E-state index in [1.165, 1.54) is 20.0 Å². The maximum atomic E-state index is 12.2. The molecule has 0 bridgehead atoms. The van der Waals surface area contributed by atoms with Gasteiger partial charge in [-0.3, -0.25) is 28.2 Å². The van der Waals surface area contributed by atoms with Crippen molar-refractivity contribution < 1.29 is 32.8 Å². The van der Waals surface area contributed by atoms with Crippen LogP contribution in [0.15, 0.2) is 40.2 Å². The van der Waals surface area contributed by atoms with E-state index in [9.17, 15) is 23.8 Å². The molecule has 4 atom stereocenters. The van der Waals surface area contributed by atoms with Gasteiger partial charge < -0.3 is 19.7 Å². The summed E-state index contributed by atoms with van der Waals surface area (Å²) in [6.07, 6.45) is 0.317. The summed E-state index contributed by atoms with van der Waals surface area (Å²) < 4.78 is 34.3. The fourth-order valence-electron chi connectivity index (χ4n) is 3.17. The summed E-state index contributed by atoms with van der Waals surface area (Å²) in [4.78, 5) is 51.4. The van der Waals surface area contributed by atoms with Crippen molar-refractivity contribution in [3.05, 3.63) is 57.0 Å². The smallest absolute Gasteiger partial charge is 0.460 e. The van der Waals surface area contributed by atoms with Crippen molar-refractivity contribution in [3.63, 3.8) is 0 Å². The number of H-pyrrole nitrogens is 1. The average Bonchev–Trinajstić information content (AvgIpc) is 3.15. The van der Waals surface area contributed by atoms with E-state index < -0.39 is 50.1 Å². The van der Waals surface area contributed by atoms with Gasteiger partial charge in [0.2, 0.25) is 0 Å². The molecule has 1 saturated heterocycles. The molecule has 0 saturated carbocycles. The van der Waals surface area contributed by atoms with Crippen LogP contribution >= 0.6 is 7.82 Å². The number of phosphoric ester groups is 1. The molecule has 1 fully saturated rings. The largest absolute Gasteiger partial charge is 0.472 e. The van der Waals surface area contributed by atoms with E-state index in [0.717, 1.165) is 4.57 Å². The van der Waals surface area contributed by atoms with Crippen molar-refractivity contribution in [3.8, 4) is 0 Å². The topological polar surface area (TPSA) is 171 Å². The lowest BCUT2D eigenvalue weighted by atomic mass is 10.2. The highest BCUT2D eigenvalue weighted by atomic mass is 31.2. The minimum Gasteiger partial charge on any atom is -0.460 e. The lowest BCUT2D eigenvalue weighted by Gasteiger charge is -2.20. The van der Waals surface area contributed by atoms with Gasteiger partial charge in [0.15, 0.2) is 0 Å². The number of aromatic nitrogens is 3. The van der Waals surface area contributed by atoms with Crippen LogP contribution in [-0.2, 0) is 27.9 Å². The average molecular weight is 484 g/mol. The monoisotopic (exact) mass is 484 g/mol. The number of hydrogen-bond acceptors (Lipinski definition) is 10. The van der Waals surface area contributed by atoms with E-state index in [-0.39, 0.29) is 25.1 Å². The van der Waals surface area contributed by atoms with Crippen LogP contribution in [0.5, 0.6) is 0 Å². The molecular weight excluding hydrogens is 459 g/mol. The molecule has 0 spiro atoms. The number of carbonyl (C=O) groups excluding carboxylic acids is 1. The van der Waals surface area contributed by atoms with Gasteiger partial charge in [-0.05, 0) is 19.1 Å². The van der Waals surface area contributed by atoms with Crippen LogP contribution in [0, 0.1) is 6.92 Å². The molecule has 0 radical (unpaired) electrons. The minimum atomic E-state index is -4.44. The summed E-state index contributed by atoms with van der Waals surface area (Å²) in [5.41, 5.74) is -0.939. The number of hydrogen-bond donors (Lipinski definition) is 3. The molecular formula is C19H25N4O9P. The van der Waals surface area contributed by atoms with Gasteiger partial charge in [-0.15, -0.1) is 0 Å². The van der Waals surface area contributed by atoms with Gasteiger partial charge >= 0.3 is 19.5 Å². The first-order chi connectivity index (χ1) is 15.6. The van der Waals surface area contributed by atoms with Gasteiger partial charge in [-0.2, -0.15) is 0 Å². The Hall–Kier alpha value is -2.83. The van der Waals surface area contributed by atoms with Crippen molar-refractivity contribution >= 4 is 19.6 Å². The number of nitrogens with zero attached hydrogens (tertiary/aromatic N) is 2. The molecule has 1 unspecified atom stereocenters. The highest BCUT2D eigenvalue weighted by Gasteiger charge is 2.40. The van der Waals surface area contributed by atoms with Crippen LogP contribution in [0.2, 0.25) is 0 Å². The Morgan fingerprint density at radius 2 is 2.18 bits per heavy atom. The molecule has 0 aliphatic carbocycles. The van der Waals surface area contributed by atoms with E-state index >= 15 is 0 Å². The SMILES string of the molecule is CC(=O)O[C@H]1C[C@H](n2cc(C)c(=O)[nH]c2=O)O[C@@H]1COP(=O)(O)OCCNc1ccccn1. The molecule has 0 aromatic carbocycles. The number of aromatic amines is 1. The van der Waals surface area contributed by atoms with Crippen LogP contribution in [-0.4, -0.2) is 57.4 Å². The van der Waals surface area contributed by atoms with E-state index in [2.05, 4.69) is 15.3 Å². The van der Waals surface area contributed by atoms with Crippen molar-refractivity contribution in [2.75, 3.05) is 25.1 Å². The molecule has 0 amide bonds. The predicted octanol–water partition coefficient (Wildman–Crippen LogP) is 0.705. The van der Waals surface area contributed by atoms with Gasteiger partial charge in [0.05, 0.1) is 13.2 Å². The van der Waals surface area contributed by atoms with E-state index in [1.54, 1.807) is 24.4 Å². The number of aryl methyl sites for hydroxylation is 1. The second kappa shape index (κ2) is 10.9. The lowest BCUT2D eigenvalue weighted by molar-refractivity contribution is -0.150. The zero-order valence-corrected chi connectivity index (χ0v) is 18.9. The Labute approximate surface area is 188 Å². The number of nitrogens with one attached hydrogen (secondary N) is 2. The van der Waals surface area contributed by atoms with E-state index in [4.69, 9.17) is 18.5 Å². The third-order valence-corrected chi connectivity index (χ3v) is 5.67. The summed E-state index contributed by atoms with van der Waals surface area (Å²) in [5, 5.41) is 2.92. The molecule has 2 aromatic rings. The molecule has 3 heterocycles. The molecule has 14 heteroatoms. The second-order valence-electron chi connectivity index (χ2n) is 7.23. The van der Waals surface area contributed by atoms with Crippen molar-refractivity contribution in [1.82, 2.24) is 14.5 Å². The van der Waals surface area contributed by atoms with Crippen LogP contribution in [0.4, 0.5) is 5.82 Å². The van der Waals surface area contributed by atoms with Crippen molar-refractivity contribution in [2.45, 2.75) is 38.7 Å². The highest BCUT2D eigenvalue weighted by molar-refractivity contribution is 7.47. The minimum absolute atomic E-state index is 0.0730. The third kappa shape index (κ3) is 7.07. The number of rotatable bonds is 10. The summed E-state index contributed by atoms with van der Waals surface area (Å²) >= 11 is 0. The van der Waals surface area contributed by atoms with Crippen molar-refractivity contribution in [1.29, 1.82) is 0 Å². The lowest BCUT2D eigenvalue weighted by Crippen LogP contribution is -2.33. The predicted molar refractivity (Wildman–Crippen MR) is 115 cm³/mol. The number of carbonyl (C=O) groups is 1. The van der Waals surface area contributed by atoms with Crippen molar-refractivity contribution in [2.24, 2.45) is 0 Å². The number of phosphoric acid groups is 1. The molecule has 1 aliphatic heterocycles. The quantitative estimate of drug-likeness (QED) is 0.246. The fraction of sp³-hybridized carbons (Fsp3) is 0.474. The molecule has 180 valence electrons. The van der Waals surface area contributed by atoms with Crippen LogP contribution in [0.25, 0.3) is 0 Å². The van der Waals surface area contributed by atoms with E-state index in [0.29, 0.717) is 5.82 Å². The highest BCUT2D eigenvalue weighted by Crippen LogP contribution is 2.44. The van der Waals surface area contributed by atoms with Crippen LogP contribution < -0.4 is 16.6 Å². The van der Waals surface area contributed by atoms with Gasteiger partial charge in [-0.25, -0.2) is 14.3 Å². The number of esters is 1. The molecule has 1 aliphatic rings. The molecule has 3 N–H and O–H groups in total. The van der Waals surface area contributed by atoms with Gasteiger partial charge in [0.1, 0.15) is 24.3 Å². The Balaban J connectivity index is 1.57. The third-order valence-electron chi connectivity index (χ3n) is 4.68. The standard InChI is InChI=1S/C19H25N4O9P/c1-12-10-23(19(26)22-18(12)25)17-9-14(31-13(2)24)15(32-17)11-30-33(27,28)29-8-7-21-16-5-3-4-6-20-16/h3-6,10,14-15,17H,7-9,11H2,1-2H3,(H,20,21)(H,27,28)(H,22,25,26)/t14-,15+,17+/m0/s1. The first-order valence-corrected chi connectivity index (χ1v) is 11.6.